The van der Waals surface area contributed by atoms with Crippen LogP contribution >= 0.6 is 34.7 Å². The lowest BCUT2D eigenvalue weighted by molar-refractivity contribution is 0.622. The summed E-state index contributed by atoms with van der Waals surface area (Å²) >= 11 is 12.9. The highest BCUT2D eigenvalue weighted by Crippen LogP contribution is 2.26. The SMILES string of the molecule is O=c1[nH]s/c(=N\c2ccc(Cl)c(Cl)c2)n1Cc1cccc(F)c1. The van der Waals surface area contributed by atoms with Gasteiger partial charge in [-0.1, -0.05) is 35.3 Å². The van der Waals surface area contributed by atoms with Gasteiger partial charge >= 0.3 is 5.69 Å². The van der Waals surface area contributed by atoms with Crippen molar-refractivity contribution >= 4 is 40.4 Å². The zero-order valence-corrected chi connectivity index (χ0v) is 13.9. The summed E-state index contributed by atoms with van der Waals surface area (Å²) in [5.74, 6) is -0.349. The van der Waals surface area contributed by atoms with E-state index < -0.39 is 0 Å². The molecule has 0 aliphatic rings. The van der Waals surface area contributed by atoms with Gasteiger partial charge in [0, 0.05) is 0 Å². The maximum absolute atomic E-state index is 13.3. The van der Waals surface area contributed by atoms with Crippen LogP contribution in [0, 0.1) is 5.82 Å². The molecule has 0 radical (unpaired) electrons. The Balaban J connectivity index is 2.03. The highest BCUT2D eigenvalue weighted by atomic mass is 35.5. The van der Waals surface area contributed by atoms with E-state index in [1.807, 2.05) is 0 Å². The first-order valence-corrected chi connectivity index (χ1v) is 8.13. The van der Waals surface area contributed by atoms with Gasteiger partial charge in [-0.3, -0.25) is 8.94 Å². The van der Waals surface area contributed by atoms with Crippen LogP contribution in [0.1, 0.15) is 5.56 Å². The summed E-state index contributed by atoms with van der Waals surface area (Å²) in [5.41, 5.74) is 0.935. The summed E-state index contributed by atoms with van der Waals surface area (Å²) in [4.78, 5) is 16.8. The second kappa shape index (κ2) is 6.70. The van der Waals surface area contributed by atoms with Crippen molar-refractivity contribution in [3.05, 3.63) is 79.2 Å². The Bertz CT molecular complexity index is 977. The van der Waals surface area contributed by atoms with Crippen LogP contribution < -0.4 is 10.5 Å². The topological polar surface area (TPSA) is 50.1 Å². The molecule has 0 saturated carbocycles. The number of hydrogen-bond donors (Lipinski definition) is 1. The standard InChI is InChI=1S/C15H10Cl2FN3OS/c16-12-5-4-11(7-13(12)17)19-15-21(14(22)20-23-15)8-9-2-1-3-10(18)6-9/h1-7H,8H2,(H,20,22)/b19-15-. The van der Waals surface area contributed by atoms with Crippen LogP contribution in [0.3, 0.4) is 0 Å². The maximum Gasteiger partial charge on any atom is 0.337 e. The first kappa shape index (κ1) is 16.0. The molecule has 0 spiro atoms. The Morgan fingerprint density at radius 2 is 2.00 bits per heavy atom. The third-order valence-corrected chi connectivity index (χ3v) is 4.57. The largest absolute Gasteiger partial charge is 0.337 e. The molecule has 0 bridgehead atoms. The Morgan fingerprint density at radius 3 is 2.74 bits per heavy atom. The van der Waals surface area contributed by atoms with E-state index >= 15 is 0 Å². The Labute approximate surface area is 144 Å². The van der Waals surface area contributed by atoms with Gasteiger partial charge in [-0.2, -0.15) is 0 Å². The maximum atomic E-state index is 13.3. The summed E-state index contributed by atoms with van der Waals surface area (Å²) in [6.45, 7) is 0.219. The fraction of sp³-hybridized carbons (Fsp3) is 0.0667. The molecule has 0 fully saturated rings. The fourth-order valence-corrected chi connectivity index (χ4v) is 2.98. The number of nitrogens with one attached hydrogen (secondary N) is 1. The van der Waals surface area contributed by atoms with E-state index in [-0.39, 0.29) is 18.1 Å². The number of nitrogens with zero attached hydrogens (tertiary/aromatic N) is 2. The minimum absolute atomic E-state index is 0.219. The molecular formula is C15H10Cl2FN3OS. The number of rotatable bonds is 3. The molecule has 8 heteroatoms. The van der Waals surface area contributed by atoms with E-state index in [1.54, 1.807) is 30.3 Å². The number of aromatic nitrogens is 2. The van der Waals surface area contributed by atoms with Crippen molar-refractivity contribution in [1.82, 2.24) is 8.94 Å². The molecule has 23 heavy (non-hydrogen) atoms. The highest BCUT2D eigenvalue weighted by molar-refractivity contribution is 7.02. The fourth-order valence-electron chi connectivity index (χ4n) is 1.99. The first-order chi connectivity index (χ1) is 11.0. The molecule has 0 aliphatic carbocycles. The zero-order valence-electron chi connectivity index (χ0n) is 11.6. The van der Waals surface area contributed by atoms with Gasteiger partial charge in [0.2, 0.25) is 4.80 Å². The molecule has 4 nitrogen and oxygen atoms in total. The Morgan fingerprint density at radius 1 is 1.17 bits per heavy atom. The molecule has 3 rings (SSSR count). The number of halogens is 3. The van der Waals surface area contributed by atoms with Crippen molar-refractivity contribution in [3.8, 4) is 0 Å². The van der Waals surface area contributed by atoms with Crippen LogP contribution in [0.2, 0.25) is 10.0 Å². The van der Waals surface area contributed by atoms with Gasteiger partial charge in [-0.05, 0) is 47.4 Å². The Kier molecular flexibility index (Phi) is 4.66. The van der Waals surface area contributed by atoms with Gasteiger partial charge in [0.05, 0.1) is 22.3 Å². The quantitative estimate of drug-likeness (QED) is 0.745. The van der Waals surface area contributed by atoms with E-state index in [1.165, 1.54) is 16.7 Å². The molecule has 118 valence electrons. The first-order valence-electron chi connectivity index (χ1n) is 6.55. The zero-order chi connectivity index (χ0) is 16.4. The summed E-state index contributed by atoms with van der Waals surface area (Å²) in [5, 5.41) is 0.813. The molecule has 0 saturated heterocycles. The second-order valence-corrected chi connectivity index (χ2v) is 6.31. The van der Waals surface area contributed by atoms with E-state index in [0.29, 0.717) is 26.1 Å². The third kappa shape index (κ3) is 3.72. The lowest BCUT2D eigenvalue weighted by Crippen LogP contribution is -2.27. The molecule has 0 unspecified atom stereocenters. The summed E-state index contributed by atoms with van der Waals surface area (Å²) in [7, 11) is 0. The normalized spacial score (nSPS) is 11.9. The second-order valence-electron chi connectivity index (χ2n) is 4.72. The summed E-state index contributed by atoms with van der Waals surface area (Å²) in [6, 6.07) is 11.0. The lowest BCUT2D eigenvalue weighted by atomic mass is 10.2. The van der Waals surface area contributed by atoms with Crippen molar-refractivity contribution in [3.63, 3.8) is 0 Å². The van der Waals surface area contributed by atoms with Crippen LogP contribution in [0.4, 0.5) is 10.1 Å². The van der Waals surface area contributed by atoms with Crippen molar-refractivity contribution in [2.24, 2.45) is 4.99 Å². The molecule has 1 aromatic heterocycles. The number of benzene rings is 2. The molecule has 3 aromatic rings. The van der Waals surface area contributed by atoms with Gasteiger partial charge in [-0.15, -0.1) is 0 Å². The average Bonchev–Trinajstić information content (AvgIpc) is 2.84. The van der Waals surface area contributed by atoms with Crippen molar-refractivity contribution in [1.29, 1.82) is 0 Å². The molecule has 0 amide bonds. The lowest BCUT2D eigenvalue weighted by Gasteiger charge is -2.02. The van der Waals surface area contributed by atoms with E-state index in [4.69, 9.17) is 23.2 Å². The van der Waals surface area contributed by atoms with Crippen LogP contribution in [0.5, 0.6) is 0 Å². The van der Waals surface area contributed by atoms with E-state index in [9.17, 15) is 9.18 Å². The molecule has 1 N–H and O–H groups in total. The summed E-state index contributed by atoms with van der Waals surface area (Å²) in [6.07, 6.45) is 0. The molecular weight excluding hydrogens is 360 g/mol. The minimum Gasteiger partial charge on any atom is -0.263 e. The monoisotopic (exact) mass is 369 g/mol. The van der Waals surface area contributed by atoms with Gasteiger partial charge in [0.25, 0.3) is 0 Å². The number of H-pyrrole nitrogens is 1. The van der Waals surface area contributed by atoms with Crippen LogP contribution in [-0.4, -0.2) is 8.94 Å². The van der Waals surface area contributed by atoms with E-state index in [2.05, 4.69) is 9.37 Å². The molecule has 0 aliphatic heterocycles. The predicted octanol–water partition coefficient (Wildman–Crippen LogP) is 3.96. The third-order valence-electron chi connectivity index (χ3n) is 3.06. The van der Waals surface area contributed by atoms with Crippen LogP contribution in [0.15, 0.2) is 52.3 Å². The van der Waals surface area contributed by atoms with Gasteiger partial charge in [0.1, 0.15) is 5.82 Å². The summed E-state index contributed by atoms with van der Waals surface area (Å²) < 4.78 is 17.3. The van der Waals surface area contributed by atoms with Gasteiger partial charge < -0.3 is 0 Å². The minimum atomic E-state index is -0.349. The van der Waals surface area contributed by atoms with Crippen LogP contribution in [0.25, 0.3) is 0 Å². The molecule has 1 heterocycles. The van der Waals surface area contributed by atoms with Crippen LogP contribution in [-0.2, 0) is 6.54 Å². The average molecular weight is 370 g/mol. The van der Waals surface area contributed by atoms with Gasteiger partial charge in [0.15, 0.2) is 0 Å². The van der Waals surface area contributed by atoms with E-state index in [0.717, 1.165) is 11.5 Å². The number of aromatic amines is 1. The predicted molar refractivity (Wildman–Crippen MR) is 90.1 cm³/mol. The smallest absolute Gasteiger partial charge is 0.263 e. The Hall–Kier alpha value is -1.89. The molecule has 2 aromatic carbocycles. The van der Waals surface area contributed by atoms with Crippen molar-refractivity contribution < 1.29 is 4.39 Å². The van der Waals surface area contributed by atoms with Crippen molar-refractivity contribution in [2.45, 2.75) is 6.54 Å². The van der Waals surface area contributed by atoms with Gasteiger partial charge in [-0.25, -0.2) is 14.2 Å². The van der Waals surface area contributed by atoms with Crippen molar-refractivity contribution in [2.75, 3.05) is 0 Å². The highest BCUT2D eigenvalue weighted by Gasteiger charge is 2.05. The number of hydrogen-bond acceptors (Lipinski definition) is 3. The molecule has 0 atom stereocenters.